The van der Waals surface area contributed by atoms with Gasteiger partial charge in [-0.3, -0.25) is 4.79 Å². The molecule has 1 aliphatic carbocycles. The molecule has 0 radical (unpaired) electrons. The molecule has 3 rings (SSSR count). The third-order valence-electron chi connectivity index (χ3n) is 4.46. The number of amides is 1. The van der Waals surface area contributed by atoms with Crippen molar-refractivity contribution in [3.63, 3.8) is 0 Å². The quantitative estimate of drug-likeness (QED) is 0.682. The molecule has 0 aliphatic heterocycles. The Kier molecular flexibility index (Phi) is 6.00. The molecule has 1 amide bonds. The number of aryl methyl sites for hydroxylation is 2. The molecule has 1 aromatic carbocycles. The highest BCUT2D eigenvalue weighted by molar-refractivity contribution is 7.89. The second-order valence-electron chi connectivity index (χ2n) is 6.12. The Morgan fingerprint density at radius 3 is 2.73 bits per heavy atom. The standard InChI is InChI=1S/C17H21N3O4S.ClH/c1-10-14(9-16(24-10)25(22,23)19-2)17(21)20-15-5-3-4-11-8-12(18)6-7-13(11)15;/h6-9,15,19H,3-5,18H2,1-2H3,(H,20,21);1H. The fourth-order valence-corrected chi connectivity index (χ4v) is 3.84. The number of nitrogens with one attached hydrogen (secondary N) is 2. The van der Waals surface area contributed by atoms with Crippen molar-refractivity contribution in [3.05, 3.63) is 46.7 Å². The third-order valence-corrected chi connectivity index (χ3v) is 5.73. The number of hydrogen-bond donors (Lipinski definition) is 3. The minimum absolute atomic E-state index is 0. The largest absolute Gasteiger partial charge is 0.448 e. The number of furan rings is 1. The molecule has 26 heavy (non-hydrogen) atoms. The minimum Gasteiger partial charge on any atom is -0.448 e. The van der Waals surface area contributed by atoms with E-state index in [1.54, 1.807) is 6.92 Å². The molecule has 1 unspecified atom stereocenters. The molecule has 1 aromatic heterocycles. The van der Waals surface area contributed by atoms with Gasteiger partial charge in [-0.15, -0.1) is 12.4 Å². The van der Waals surface area contributed by atoms with Gasteiger partial charge in [-0.05, 0) is 56.5 Å². The van der Waals surface area contributed by atoms with Crippen molar-refractivity contribution in [2.45, 2.75) is 37.3 Å². The van der Waals surface area contributed by atoms with E-state index in [9.17, 15) is 13.2 Å². The SMILES string of the molecule is CNS(=O)(=O)c1cc(C(=O)NC2CCCc3cc(N)ccc32)c(C)o1.Cl. The average molecular weight is 400 g/mol. The topological polar surface area (TPSA) is 114 Å². The van der Waals surface area contributed by atoms with Crippen LogP contribution in [-0.4, -0.2) is 21.4 Å². The molecule has 0 bridgehead atoms. The molecule has 142 valence electrons. The van der Waals surface area contributed by atoms with Gasteiger partial charge in [-0.1, -0.05) is 6.07 Å². The number of hydrogen-bond acceptors (Lipinski definition) is 5. The van der Waals surface area contributed by atoms with Gasteiger partial charge in [0.25, 0.3) is 15.9 Å². The summed E-state index contributed by atoms with van der Waals surface area (Å²) in [5.74, 6) is -0.0897. The summed E-state index contributed by atoms with van der Waals surface area (Å²) in [5, 5.41) is 2.71. The zero-order valence-corrected chi connectivity index (χ0v) is 16.2. The monoisotopic (exact) mass is 399 g/mol. The number of nitrogen functional groups attached to an aromatic ring is 1. The van der Waals surface area contributed by atoms with E-state index >= 15 is 0 Å². The summed E-state index contributed by atoms with van der Waals surface area (Å²) in [6.07, 6.45) is 2.70. The van der Waals surface area contributed by atoms with Crippen molar-refractivity contribution < 1.29 is 17.6 Å². The van der Waals surface area contributed by atoms with E-state index in [4.69, 9.17) is 10.2 Å². The predicted octanol–water partition coefficient (Wildman–Crippen LogP) is 2.31. The van der Waals surface area contributed by atoms with Crippen LogP contribution in [0.25, 0.3) is 0 Å². The zero-order valence-electron chi connectivity index (χ0n) is 14.5. The molecule has 9 heteroatoms. The number of benzene rings is 1. The number of rotatable bonds is 4. The number of nitrogens with two attached hydrogens (primary N) is 1. The Balaban J connectivity index is 0.00000243. The van der Waals surface area contributed by atoms with E-state index in [-0.39, 0.29) is 40.8 Å². The highest BCUT2D eigenvalue weighted by atomic mass is 35.5. The second-order valence-corrected chi connectivity index (χ2v) is 7.94. The van der Waals surface area contributed by atoms with Crippen LogP contribution in [0.3, 0.4) is 0 Å². The fourth-order valence-electron chi connectivity index (χ4n) is 3.13. The van der Waals surface area contributed by atoms with Gasteiger partial charge in [0.2, 0.25) is 5.09 Å². The van der Waals surface area contributed by atoms with Crippen LogP contribution in [0.4, 0.5) is 5.69 Å². The van der Waals surface area contributed by atoms with Crippen LogP contribution in [0.5, 0.6) is 0 Å². The van der Waals surface area contributed by atoms with Gasteiger partial charge in [-0.2, -0.15) is 0 Å². The van der Waals surface area contributed by atoms with Gasteiger partial charge in [0.05, 0.1) is 11.6 Å². The summed E-state index contributed by atoms with van der Waals surface area (Å²) in [6.45, 7) is 1.57. The van der Waals surface area contributed by atoms with Crippen molar-refractivity contribution >= 4 is 34.0 Å². The van der Waals surface area contributed by atoms with Gasteiger partial charge in [0, 0.05) is 11.8 Å². The van der Waals surface area contributed by atoms with Crippen LogP contribution >= 0.6 is 12.4 Å². The Morgan fingerprint density at radius 2 is 2.04 bits per heavy atom. The molecule has 1 aliphatic rings. The van der Waals surface area contributed by atoms with Gasteiger partial charge in [0.15, 0.2) is 0 Å². The minimum atomic E-state index is -3.73. The first kappa shape index (κ1) is 20.3. The van der Waals surface area contributed by atoms with Crippen LogP contribution in [0.15, 0.2) is 33.8 Å². The lowest BCUT2D eigenvalue weighted by Crippen LogP contribution is -2.31. The summed E-state index contributed by atoms with van der Waals surface area (Å²) in [6, 6.07) is 6.82. The van der Waals surface area contributed by atoms with Gasteiger partial charge >= 0.3 is 0 Å². The lowest BCUT2D eigenvalue weighted by molar-refractivity contribution is 0.0931. The number of halogens is 1. The van der Waals surface area contributed by atoms with Crippen LogP contribution in [0, 0.1) is 6.92 Å². The maximum Gasteiger partial charge on any atom is 0.273 e. The normalized spacial score (nSPS) is 16.5. The van der Waals surface area contributed by atoms with E-state index in [0.717, 1.165) is 30.4 Å². The van der Waals surface area contributed by atoms with Gasteiger partial charge in [0.1, 0.15) is 5.76 Å². The first-order chi connectivity index (χ1) is 11.8. The summed E-state index contributed by atoms with van der Waals surface area (Å²) >= 11 is 0. The lowest BCUT2D eigenvalue weighted by atomic mass is 9.87. The summed E-state index contributed by atoms with van der Waals surface area (Å²) in [5.41, 5.74) is 8.95. The van der Waals surface area contributed by atoms with Gasteiger partial charge in [-0.25, -0.2) is 13.1 Å². The van der Waals surface area contributed by atoms with Crippen molar-refractivity contribution in [3.8, 4) is 0 Å². The molecular weight excluding hydrogens is 378 g/mol. The molecule has 0 saturated heterocycles. The van der Waals surface area contributed by atoms with E-state index < -0.39 is 10.0 Å². The number of carbonyl (C=O) groups excluding carboxylic acids is 1. The first-order valence-corrected chi connectivity index (χ1v) is 9.53. The lowest BCUT2D eigenvalue weighted by Gasteiger charge is -2.26. The summed E-state index contributed by atoms with van der Waals surface area (Å²) < 4.78 is 31.1. The predicted molar refractivity (Wildman–Crippen MR) is 101 cm³/mol. The third kappa shape index (κ3) is 3.87. The van der Waals surface area contributed by atoms with Crippen LogP contribution in [-0.2, 0) is 16.4 Å². The maximum absolute atomic E-state index is 12.6. The van der Waals surface area contributed by atoms with Crippen molar-refractivity contribution in [2.75, 3.05) is 12.8 Å². The highest BCUT2D eigenvalue weighted by Crippen LogP contribution is 2.31. The summed E-state index contributed by atoms with van der Waals surface area (Å²) in [7, 11) is -2.44. The smallest absolute Gasteiger partial charge is 0.273 e. The van der Waals surface area contributed by atoms with Crippen molar-refractivity contribution in [1.82, 2.24) is 10.0 Å². The van der Waals surface area contributed by atoms with Crippen molar-refractivity contribution in [1.29, 1.82) is 0 Å². The molecule has 4 N–H and O–H groups in total. The molecule has 0 spiro atoms. The Labute approximate surface area is 158 Å². The maximum atomic E-state index is 12.6. The molecular formula is C17H22ClN3O4S. The van der Waals surface area contributed by atoms with E-state index in [2.05, 4.69) is 10.0 Å². The zero-order chi connectivity index (χ0) is 18.2. The van der Waals surface area contributed by atoms with E-state index in [1.165, 1.54) is 13.1 Å². The second kappa shape index (κ2) is 7.69. The molecule has 0 fully saturated rings. The fraction of sp³-hybridized carbons (Fsp3) is 0.353. The number of sulfonamides is 1. The average Bonchev–Trinajstić information content (AvgIpc) is 2.97. The van der Waals surface area contributed by atoms with Crippen LogP contribution < -0.4 is 15.8 Å². The Hall–Kier alpha value is -2.03. The van der Waals surface area contributed by atoms with Crippen LogP contribution in [0.2, 0.25) is 0 Å². The summed E-state index contributed by atoms with van der Waals surface area (Å²) in [4.78, 5) is 12.6. The number of fused-ring (bicyclic) bond motifs is 1. The van der Waals surface area contributed by atoms with E-state index in [0.29, 0.717) is 5.69 Å². The van der Waals surface area contributed by atoms with Crippen molar-refractivity contribution in [2.24, 2.45) is 0 Å². The molecule has 7 nitrogen and oxygen atoms in total. The molecule has 1 heterocycles. The Morgan fingerprint density at radius 1 is 1.31 bits per heavy atom. The van der Waals surface area contributed by atoms with Gasteiger partial charge < -0.3 is 15.5 Å². The Bertz CT molecular complexity index is 924. The molecule has 2 aromatic rings. The van der Waals surface area contributed by atoms with Crippen LogP contribution in [0.1, 0.15) is 46.1 Å². The highest BCUT2D eigenvalue weighted by Gasteiger charge is 2.26. The number of anilines is 1. The first-order valence-electron chi connectivity index (χ1n) is 8.05. The number of carbonyl (C=O) groups is 1. The molecule has 0 saturated carbocycles. The molecule has 1 atom stereocenters. The van der Waals surface area contributed by atoms with E-state index in [1.807, 2.05) is 18.2 Å².